The zero-order chi connectivity index (χ0) is 19.8. The van der Waals surface area contributed by atoms with E-state index in [1.165, 1.54) is 35.7 Å². The van der Waals surface area contributed by atoms with Crippen LogP contribution in [0.3, 0.4) is 0 Å². The van der Waals surface area contributed by atoms with Crippen LogP contribution in [0.1, 0.15) is 33.0 Å². The van der Waals surface area contributed by atoms with Gasteiger partial charge in [0.25, 0.3) is 0 Å². The number of phenols is 1. The Morgan fingerprint density at radius 3 is 2.71 bits per heavy atom. The van der Waals surface area contributed by atoms with Gasteiger partial charge in [-0.15, -0.1) is 11.3 Å². The summed E-state index contributed by atoms with van der Waals surface area (Å²) < 4.78 is 0. The van der Waals surface area contributed by atoms with E-state index in [0.717, 1.165) is 4.88 Å². The quantitative estimate of drug-likeness (QED) is 0.522. The Morgan fingerprint density at radius 1 is 1.25 bits per heavy atom. The molecule has 3 heterocycles. The number of carbonyl (C=O) groups is 2. The number of aromatic nitrogens is 1. The van der Waals surface area contributed by atoms with Crippen molar-refractivity contribution in [3.8, 4) is 5.75 Å². The number of primary amides is 1. The molecule has 1 aliphatic heterocycles. The number of hydrogen-bond donors (Lipinski definition) is 4. The number of pyridine rings is 1. The molecule has 0 bridgehead atoms. The number of hydrogen-bond acceptors (Lipinski definition) is 7. The zero-order valence-electron chi connectivity index (χ0n) is 14.4. The maximum absolute atomic E-state index is 12.5. The summed E-state index contributed by atoms with van der Waals surface area (Å²) in [5, 5.41) is 24.6. The molecule has 3 aromatic rings. The molecule has 0 saturated carbocycles. The van der Waals surface area contributed by atoms with E-state index in [2.05, 4.69) is 10.3 Å². The van der Waals surface area contributed by atoms with Crippen LogP contribution >= 0.6 is 11.3 Å². The van der Waals surface area contributed by atoms with Crippen molar-refractivity contribution in [2.24, 2.45) is 5.73 Å². The van der Waals surface area contributed by atoms with Crippen LogP contribution in [-0.2, 0) is 4.79 Å². The standard InChI is InChI=1S/C19H16N4O4S/c20-16(25)14(10-3-1-4-11(24)9-10)23-15-12(19(26)27)6-7-21-17(15)22-18(23)13-5-2-8-28-13/h1-9,14,18,24H,(H2,20,25)(H,21,22)(H,26,27). The van der Waals surface area contributed by atoms with Crippen LogP contribution < -0.4 is 16.0 Å². The van der Waals surface area contributed by atoms with E-state index in [-0.39, 0.29) is 17.0 Å². The molecule has 8 nitrogen and oxygen atoms in total. The van der Waals surface area contributed by atoms with E-state index >= 15 is 0 Å². The summed E-state index contributed by atoms with van der Waals surface area (Å²) in [4.78, 5) is 31.1. The van der Waals surface area contributed by atoms with Gasteiger partial charge in [0, 0.05) is 11.1 Å². The van der Waals surface area contributed by atoms with E-state index in [4.69, 9.17) is 5.73 Å². The van der Waals surface area contributed by atoms with Gasteiger partial charge in [0.1, 0.15) is 18.0 Å². The van der Waals surface area contributed by atoms with Crippen molar-refractivity contribution in [3.63, 3.8) is 0 Å². The first kappa shape index (κ1) is 17.8. The number of aromatic carboxylic acids is 1. The molecule has 4 rings (SSSR count). The molecule has 2 atom stereocenters. The lowest BCUT2D eigenvalue weighted by Crippen LogP contribution is -2.40. The van der Waals surface area contributed by atoms with E-state index in [1.807, 2.05) is 17.5 Å². The normalized spacial score (nSPS) is 16.3. The van der Waals surface area contributed by atoms with Crippen molar-refractivity contribution in [1.82, 2.24) is 4.98 Å². The van der Waals surface area contributed by atoms with E-state index in [0.29, 0.717) is 11.4 Å². The number of nitrogens with one attached hydrogen (secondary N) is 1. The van der Waals surface area contributed by atoms with Crippen LogP contribution in [0.2, 0.25) is 0 Å². The van der Waals surface area contributed by atoms with Crippen LogP contribution in [0, 0.1) is 0 Å². The van der Waals surface area contributed by atoms with Crippen LogP contribution in [-0.4, -0.2) is 27.1 Å². The Hall–Kier alpha value is -3.59. The van der Waals surface area contributed by atoms with Crippen molar-refractivity contribution >= 4 is 34.7 Å². The van der Waals surface area contributed by atoms with Crippen LogP contribution in [0.25, 0.3) is 0 Å². The molecule has 9 heteroatoms. The van der Waals surface area contributed by atoms with Crippen molar-refractivity contribution < 1.29 is 19.8 Å². The molecule has 0 saturated heterocycles. The molecule has 1 aromatic carbocycles. The number of anilines is 2. The smallest absolute Gasteiger partial charge is 0.338 e. The molecule has 0 aliphatic carbocycles. The van der Waals surface area contributed by atoms with Crippen molar-refractivity contribution in [3.05, 3.63) is 70.0 Å². The van der Waals surface area contributed by atoms with Gasteiger partial charge in [-0.3, -0.25) is 4.79 Å². The molecule has 2 unspecified atom stereocenters. The average molecular weight is 396 g/mol. The SMILES string of the molecule is NC(=O)C(c1cccc(O)c1)N1c2c(C(=O)O)ccnc2NC1c1cccs1. The molecule has 1 amide bonds. The Balaban J connectivity index is 1.94. The lowest BCUT2D eigenvalue weighted by Gasteiger charge is -2.33. The fourth-order valence-corrected chi connectivity index (χ4v) is 4.18. The number of carboxylic acid groups (broad SMARTS) is 1. The van der Waals surface area contributed by atoms with Gasteiger partial charge in [0.05, 0.1) is 11.3 Å². The van der Waals surface area contributed by atoms with Gasteiger partial charge in [-0.1, -0.05) is 18.2 Å². The molecule has 0 radical (unpaired) electrons. The minimum atomic E-state index is -1.14. The second kappa shape index (κ2) is 6.86. The van der Waals surface area contributed by atoms with E-state index < -0.39 is 24.1 Å². The van der Waals surface area contributed by atoms with E-state index in [1.54, 1.807) is 17.0 Å². The molecule has 0 spiro atoms. The first-order valence-electron chi connectivity index (χ1n) is 8.36. The molecule has 142 valence electrons. The molecular formula is C19H16N4O4S. The predicted molar refractivity (Wildman–Crippen MR) is 104 cm³/mol. The maximum atomic E-state index is 12.5. The number of nitrogens with two attached hydrogens (primary N) is 1. The summed E-state index contributed by atoms with van der Waals surface area (Å²) in [6.07, 6.45) is 0.862. The number of aromatic hydroxyl groups is 1. The molecule has 5 N–H and O–H groups in total. The molecule has 28 heavy (non-hydrogen) atoms. The number of carbonyl (C=O) groups excluding carboxylic acids is 1. The number of amides is 1. The first-order valence-corrected chi connectivity index (χ1v) is 9.24. The summed E-state index contributed by atoms with van der Waals surface area (Å²) in [5.74, 6) is -1.49. The highest BCUT2D eigenvalue weighted by atomic mass is 32.1. The van der Waals surface area contributed by atoms with Crippen molar-refractivity contribution in [2.45, 2.75) is 12.2 Å². The Morgan fingerprint density at radius 2 is 2.07 bits per heavy atom. The monoisotopic (exact) mass is 396 g/mol. The van der Waals surface area contributed by atoms with Crippen molar-refractivity contribution in [2.75, 3.05) is 10.2 Å². The number of thiophene rings is 1. The largest absolute Gasteiger partial charge is 0.508 e. The third-order valence-corrected chi connectivity index (χ3v) is 5.44. The summed E-state index contributed by atoms with van der Waals surface area (Å²) >= 11 is 1.46. The highest BCUT2D eigenvalue weighted by Crippen LogP contribution is 2.47. The summed E-state index contributed by atoms with van der Waals surface area (Å²) in [7, 11) is 0. The van der Waals surface area contributed by atoms with Gasteiger partial charge in [-0.2, -0.15) is 0 Å². The number of rotatable bonds is 5. The fraction of sp³-hybridized carbons (Fsp3) is 0.105. The third kappa shape index (κ3) is 2.91. The fourth-order valence-electron chi connectivity index (χ4n) is 3.41. The minimum Gasteiger partial charge on any atom is -0.508 e. The maximum Gasteiger partial charge on any atom is 0.338 e. The van der Waals surface area contributed by atoms with Gasteiger partial charge in [-0.05, 0) is 35.2 Å². The highest BCUT2D eigenvalue weighted by Gasteiger charge is 2.42. The summed E-state index contributed by atoms with van der Waals surface area (Å²) in [6, 6.07) is 10.3. The Kier molecular flexibility index (Phi) is 4.36. The van der Waals surface area contributed by atoms with Gasteiger partial charge in [-0.25, -0.2) is 9.78 Å². The van der Waals surface area contributed by atoms with Gasteiger partial charge >= 0.3 is 5.97 Å². The Bertz CT molecular complexity index is 1050. The van der Waals surface area contributed by atoms with Crippen molar-refractivity contribution in [1.29, 1.82) is 0 Å². The number of carboxylic acids is 1. The molecule has 0 fully saturated rings. The molecular weight excluding hydrogens is 380 g/mol. The number of nitrogens with zero attached hydrogens (tertiary/aromatic N) is 2. The lowest BCUT2D eigenvalue weighted by molar-refractivity contribution is -0.119. The number of benzene rings is 1. The summed E-state index contributed by atoms with van der Waals surface area (Å²) in [5.41, 5.74) is 6.47. The molecule has 2 aromatic heterocycles. The topological polar surface area (TPSA) is 129 Å². The Labute approximate surface area is 163 Å². The lowest BCUT2D eigenvalue weighted by atomic mass is 10.0. The average Bonchev–Trinajstić information content (AvgIpc) is 3.29. The predicted octanol–water partition coefficient (Wildman–Crippen LogP) is 2.70. The van der Waals surface area contributed by atoms with Crippen LogP contribution in [0.5, 0.6) is 5.75 Å². The number of phenolic OH excluding ortho intramolecular Hbond substituents is 1. The highest BCUT2D eigenvalue weighted by molar-refractivity contribution is 7.10. The molecule has 1 aliphatic rings. The number of fused-ring (bicyclic) bond motifs is 1. The summed E-state index contributed by atoms with van der Waals surface area (Å²) in [6.45, 7) is 0. The van der Waals surface area contributed by atoms with Crippen LogP contribution in [0.15, 0.2) is 54.0 Å². The van der Waals surface area contributed by atoms with Gasteiger partial charge in [0.15, 0.2) is 5.82 Å². The van der Waals surface area contributed by atoms with Gasteiger partial charge in [0.2, 0.25) is 5.91 Å². The first-order chi connectivity index (χ1) is 13.5. The van der Waals surface area contributed by atoms with E-state index in [9.17, 15) is 19.8 Å². The zero-order valence-corrected chi connectivity index (χ0v) is 15.3. The van der Waals surface area contributed by atoms with Gasteiger partial charge < -0.3 is 26.2 Å². The second-order valence-corrected chi connectivity index (χ2v) is 7.21. The third-order valence-electron chi connectivity index (χ3n) is 4.51. The second-order valence-electron chi connectivity index (χ2n) is 6.23. The minimum absolute atomic E-state index is 0.00274. The van der Waals surface area contributed by atoms with Crippen LogP contribution in [0.4, 0.5) is 11.5 Å².